The second kappa shape index (κ2) is 10.1. The maximum absolute atomic E-state index is 13.2. The van der Waals surface area contributed by atoms with Gasteiger partial charge in [0.15, 0.2) is 0 Å². The number of carbonyl (C=O) groups is 1. The number of anilines is 1. The van der Waals surface area contributed by atoms with E-state index in [-0.39, 0.29) is 11.7 Å². The SMILES string of the molecule is CC1CN(c2ncccc2CNC(=O)c2ccc(Cl)cc2)CCN1Cc1ccc(F)cc1. The molecule has 0 aliphatic carbocycles. The lowest BCUT2D eigenvalue weighted by atomic mass is 10.1. The van der Waals surface area contributed by atoms with Crippen LogP contribution >= 0.6 is 11.6 Å². The Morgan fingerprint density at radius 2 is 1.88 bits per heavy atom. The molecule has 1 saturated heterocycles. The first-order valence-electron chi connectivity index (χ1n) is 10.7. The molecule has 0 saturated carbocycles. The zero-order valence-electron chi connectivity index (χ0n) is 18.0. The zero-order chi connectivity index (χ0) is 22.5. The number of amides is 1. The first kappa shape index (κ1) is 22.2. The molecule has 3 aromatic rings. The normalized spacial score (nSPS) is 16.7. The fourth-order valence-corrected chi connectivity index (χ4v) is 4.10. The molecule has 1 N–H and O–H groups in total. The standard InChI is InChI=1S/C25H26ClFN4O/c1-18-16-31(14-13-30(18)17-19-4-10-23(27)11-5-19)24-21(3-2-12-28-24)15-29-25(32)20-6-8-22(26)9-7-20/h2-12,18H,13-17H2,1H3,(H,29,32). The Hall–Kier alpha value is -2.96. The minimum Gasteiger partial charge on any atom is -0.353 e. The fraction of sp³-hybridized carbons (Fsp3) is 0.280. The number of nitrogens with zero attached hydrogens (tertiary/aromatic N) is 3. The fourth-order valence-electron chi connectivity index (χ4n) is 3.98. The quantitative estimate of drug-likeness (QED) is 0.597. The Morgan fingerprint density at radius 1 is 1.12 bits per heavy atom. The first-order valence-corrected chi connectivity index (χ1v) is 11.1. The van der Waals surface area contributed by atoms with Crippen molar-refractivity contribution < 1.29 is 9.18 Å². The molecule has 32 heavy (non-hydrogen) atoms. The number of benzene rings is 2. The number of hydrogen-bond donors (Lipinski definition) is 1. The van der Waals surface area contributed by atoms with Gasteiger partial charge >= 0.3 is 0 Å². The Labute approximate surface area is 192 Å². The molecule has 166 valence electrons. The van der Waals surface area contributed by atoms with E-state index in [1.165, 1.54) is 12.1 Å². The van der Waals surface area contributed by atoms with Crippen LogP contribution in [0.15, 0.2) is 66.9 Å². The number of piperazine rings is 1. The summed E-state index contributed by atoms with van der Waals surface area (Å²) < 4.78 is 13.2. The Balaban J connectivity index is 1.38. The molecule has 4 rings (SSSR count). The molecule has 7 heteroatoms. The smallest absolute Gasteiger partial charge is 0.251 e. The van der Waals surface area contributed by atoms with Gasteiger partial charge in [0.2, 0.25) is 0 Å². The number of hydrogen-bond acceptors (Lipinski definition) is 4. The van der Waals surface area contributed by atoms with E-state index in [1.54, 1.807) is 30.5 Å². The van der Waals surface area contributed by atoms with Gasteiger partial charge in [-0.3, -0.25) is 9.69 Å². The summed E-state index contributed by atoms with van der Waals surface area (Å²) in [6, 6.07) is 17.7. The van der Waals surface area contributed by atoms with Crippen LogP contribution in [0.3, 0.4) is 0 Å². The summed E-state index contributed by atoms with van der Waals surface area (Å²) in [6.45, 7) is 5.93. The van der Waals surface area contributed by atoms with Gasteiger partial charge in [-0.1, -0.05) is 29.8 Å². The van der Waals surface area contributed by atoms with E-state index in [4.69, 9.17) is 11.6 Å². The molecule has 1 unspecified atom stereocenters. The van der Waals surface area contributed by atoms with Gasteiger partial charge in [0.1, 0.15) is 11.6 Å². The van der Waals surface area contributed by atoms with E-state index >= 15 is 0 Å². The van der Waals surface area contributed by atoms with Crippen molar-refractivity contribution in [3.05, 3.63) is 94.4 Å². The maximum Gasteiger partial charge on any atom is 0.251 e. The van der Waals surface area contributed by atoms with Gasteiger partial charge in [-0.15, -0.1) is 0 Å². The molecule has 0 radical (unpaired) electrons. The van der Waals surface area contributed by atoms with Gasteiger partial charge < -0.3 is 10.2 Å². The summed E-state index contributed by atoms with van der Waals surface area (Å²) in [5.41, 5.74) is 2.66. The highest BCUT2D eigenvalue weighted by Crippen LogP contribution is 2.22. The van der Waals surface area contributed by atoms with E-state index in [2.05, 4.69) is 27.0 Å². The first-order chi connectivity index (χ1) is 15.5. The van der Waals surface area contributed by atoms with E-state index in [0.29, 0.717) is 23.2 Å². The summed E-state index contributed by atoms with van der Waals surface area (Å²) in [4.78, 5) is 21.8. The van der Waals surface area contributed by atoms with Crippen LogP contribution in [-0.4, -0.2) is 41.5 Å². The van der Waals surface area contributed by atoms with Gasteiger partial charge in [-0.25, -0.2) is 9.37 Å². The summed E-state index contributed by atoms with van der Waals surface area (Å²) in [7, 11) is 0. The number of halogens is 2. The number of carbonyl (C=O) groups excluding carboxylic acids is 1. The summed E-state index contributed by atoms with van der Waals surface area (Å²) in [5.74, 6) is 0.545. The lowest BCUT2D eigenvalue weighted by molar-refractivity contribution is 0.0951. The van der Waals surface area contributed by atoms with Crippen molar-refractivity contribution in [3.8, 4) is 0 Å². The molecule has 2 aromatic carbocycles. The lowest BCUT2D eigenvalue weighted by Crippen LogP contribution is -2.52. The Kier molecular flexibility index (Phi) is 7.02. The third-order valence-corrected chi connectivity index (χ3v) is 6.03. The minimum absolute atomic E-state index is 0.144. The molecule has 1 aromatic heterocycles. The van der Waals surface area contributed by atoms with Gasteiger partial charge in [0.25, 0.3) is 5.91 Å². The predicted octanol–water partition coefficient (Wildman–Crippen LogP) is 4.51. The molecule has 0 spiro atoms. The average Bonchev–Trinajstić information content (AvgIpc) is 2.81. The van der Waals surface area contributed by atoms with Gasteiger partial charge in [0, 0.05) is 61.1 Å². The van der Waals surface area contributed by atoms with Crippen molar-refractivity contribution in [2.45, 2.75) is 26.1 Å². The molecule has 1 aliphatic rings. The van der Waals surface area contributed by atoms with Crippen LogP contribution in [0, 0.1) is 5.82 Å². The molecular formula is C25H26ClFN4O. The van der Waals surface area contributed by atoms with Crippen molar-refractivity contribution in [1.29, 1.82) is 0 Å². The summed E-state index contributed by atoms with van der Waals surface area (Å²) >= 11 is 5.91. The third kappa shape index (κ3) is 5.44. The maximum atomic E-state index is 13.2. The van der Waals surface area contributed by atoms with Crippen LogP contribution in [0.2, 0.25) is 5.02 Å². The predicted molar refractivity (Wildman–Crippen MR) is 125 cm³/mol. The second-order valence-corrected chi connectivity index (χ2v) is 8.50. The Bertz CT molecular complexity index is 1060. The van der Waals surface area contributed by atoms with Gasteiger partial charge in [-0.2, -0.15) is 0 Å². The monoisotopic (exact) mass is 452 g/mol. The van der Waals surface area contributed by atoms with Crippen LogP contribution in [0.25, 0.3) is 0 Å². The Morgan fingerprint density at radius 3 is 2.59 bits per heavy atom. The lowest BCUT2D eigenvalue weighted by Gasteiger charge is -2.41. The summed E-state index contributed by atoms with van der Waals surface area (Å²) in [6.07, 6.45) is 1.79. The van der Waals surface area contributed by atoms with Crippen LogP contribution in [0.4, 0.5) is 10.2 Å². The van der Waals surface area contributed by atoms with E-state index in [1.807, 2.05) is 24.3 Å². The molecule has 1 amide bonds. The largest absolute Gasteiger partial charge is 0.353 e. The topological polar surface area (TPSA) is 48.5 Å². The van der Waals surface area contributed by atoms with E-state index in [9.17, 15) is 9.18 Å². The van der Waals surface area contributed by atoms with Crippen LogP contribution < -0.4 is 10.2 Å². The van der Waals surface area contributed by atoms with Gasteiger partial charge in [-0.05, 0) is 55.0 Å². The van der Waals surface area contributed by atoms with Crippen LogP contribution in [0.1, 0.15) is 28.4 Å². The van der Waals surface area contributed by atoms with Crippen LogP contribution in [0.5, 0.6) is 0 Å². The number of rotatable bonds is 6. The molecule has 1 fully saturated rings. The van der Waals surface area contributed by atoms with Crippen molar-refractivity contribution in [2.24, 2.45) is 0 Å². The van der Waals surface area contributed by atoms with E-state index < -0.39 is 0 Å². The highest BCUT2D eigenvalue weighted by atomic mass is 35.5. The molecule has 0 bridgehead atoms. The molecule has 5 nitrogen and oxygen atoms in total. The molecule has 1 aliphatic heterocycles. The zero-order valence-corrected chi connectivity index (χ0v) is 18.7. The minimum atomic E-state index is -0.211. The number of pyridine rings is 1. The highest BCUT2D eigenvalue weighted by Gasteiger charge is 2.26. The molecular weight excluding hydrogens is 427 g/mol. The number of aromatic nitrogens is 1. The van der Waals surface area contributed by atoms with Crippen molar-refractivity contribution in [1.82, 2.24) is 15.2 Å². The average molecular weight is 453 g/mol. The second-order valence-electron chi connectivity index (χ2n) is 8.07. The molecule has 1 atom stereocenters. The van der Waals surface area contributed by atoms with Crippen molar-refractivity contribution >= 4 is 23.3 Å². The van der Waals surface area contributed by atoms with Crippen molar-refractivity contribution in [3.63, 3.8) is 0 Å². The molecule has 2 heterocycles. The third-order valence-electron chi connectivity index (χ3n) is 5.78. The van der Waals surface area contributed by atoms with Gasteiger partial charge in [0.05, 0.1) is 0 Å². The van der Waals surface area contributed by atoms with E-state index in [0.717, 1.165) is 43.1 Å². The number of nitrogens with one attached hydrogen (secondary N) is 1. The summed E-state index contributed by atoms with van der Waals surface area (Å²) in [5, 5.41) is 3.58. The highest BCUT2D eigenvalue weighted by molar-refractivity contribution is 6.30. The van der Waals surface area contributed by atoms with Crippen molar-refractivity contribution in [2.75, 3.05) is 24.5 Å². The van der Waals surface area contributed by atoms with Crippen LogP contribution in [-0.2, 0) is 13.1 Å².